The first-order valence-corrected chi connectivity index (χ1v) is 14.7. The third-order valence-electron chi connectivity index (χ3n) is 7.94. The van der Waals surface area contributed by atoms with E-state index in [0.29, 0.717) is 5.88 Å². The largest absolute Gasteiger partial charge is 0.439 e. The third kappa shape index (κ3) is 4.69. The van der Waals surface area contributed by atoms with Crippen molar-refractivity contribution in [3.05, 3.63) is 164 Å². The monoisotopic (exact) mass is 565 g/mol. The molecule has 0 amide bonds. The summed E-state index contributed by atoms with van der Waals surface area (Å²) in [5, 5.41) is 2.37. The Balaban J connectivity index is 1.31. The minimum absolute atomic E-state index is 0.569. The maximum atomic E-state index is 6.05. The van der Waals surface area contributed by atoms with Crippen molar-refractivity contribution in [3.8, 4) is 51.0 Å². The number of hydrogen-bond donors (Lipinski definition) is 0. The van der Waals surface area contributed by atoms with Crippen LogP contribution in [0.25, 0.3) is 61.1 Å². The molecular weight excluding hydrogens is 538 g/mol. The quantitative estimate of drug-likeness (QED) is 0.201. The Labute approximate surface area is 255 Å². The molecule has 5 aromatic carbocycles. The van der Waals surface area contributed by atoms with E-state index in [4.69, 9.17) is 9.72 Å². The second-order valence-electron chi connectivity index (χ2n) is 10.7. The van der Waals surface area contributed by atoms with E-state index in [1.54, 1.807) is 6.20 Å². The summed E-state index contributed by atoms with van der Waals surface area (Å²) in [4.78, 5) is 9.67. The Bertz CT molecular complexity index is 2240. The fourth-order valence-corrected chi connectivity index (χ4v) is 5.90. The van der Waals surface area contributed by atoms with E-state index in [9.17, 15) is 0 Å². The lowest BCUT2D eigenvalue weighted by molar-refractivity contribution is 0.463. The van der Waals surface area contributed by atoms with Crippen molar-refractivity contribution in [1.82, 2.24) is 14.5 Å². The van der Waals surface area contributed by atoms with Crippen LogP contribution >= 0.6 is 0 Å². The normalized spacial score (nSPS) is 11.2. The van der Waals surface area contributed by atoms with Gasteiger partial charge >= 0.3 is 0 Å². The van der Waals surface area contributed by atoms with Crippen LogP contribution in [0.3, 0.4) is 0 Å². The Kier molecular flexibility index (Phi) is 6.43. The Hall–Kier alpha value is -6.00. The molecule has 208 valence electrons. The van der Waals surface area contributed by atoms with Gasteiger partial charge in [0.1, 0.15) is 11.6 Å². The van der Waals surface area contributed by atoms with Gasteiger partial charge < -0.3 is 4.74 Å². The van der Waals surface area contributed by atoms with Crippen LogP contribution in [0, 0.1) is 0 Å². The first kappa shape index (κ1) is 25.7. The summed E-state index contributed by atoms with van der Waals surface area (Å²) in [5.74, 6) is 2.19. The van der Waals surface area contributed by atoms with Crippen molar-refractivity contribution in [3.63, 3.8) is 0 Å². The maximum Gasteiger partial charge on any atom is 0.219 e. The van der Waals surface area contributed by atoms with Gasteiger partial charge in [0.2, 0.25) is 5.88 Å². The molecule has 3 aromatic heterocycles. The number of nitrogens with zero attached hydrogens (tertiary/aromatic N) is 3. The summed E-state index contributed by atoms with van der Waals surface area (Å²) < 4.78 is 8.33. The van der Waals surface area contributed by atoms with Crippen LogP contribution in [0.1, 0.15) is 0 Å². The van der Waals surface area contributed by atoms with Crippen LogP contribution in [0.15, 0.2) is 164 Å². The zero-order valence-electron chi connectivity index (χ0n) is 23.8. The van der Waals surface area contributed by atoms with Gasteiger partial charge in [-0.3, -0.25) is 4.57 Å². The highest BCUT2D eigenvalue weighted by Crippen LogP contribution is 2.37. The molecule has 0 radical (unpaired) electrons. The van der Waals surface area contributed by atoms with E-state index in [-0.39, 0.29) is 0 Å². The second-order valence-corrected chi connectivity index (χ2v) is 10.7. The van der Waals surface area contributed by atoms with E-state index < -0.39 is 0 Å². The first-order valence-electron chi connectivity index (χ1n) is 14.7. The number of ether oxygens (including phenoxy) is 1. The second kappa shape index (κ2) is 11.0. The lowest BCUT2D eigenvalue weighted by atomic mass is 9.99. The van der Waals surface area contributed by atoms with Gasteiger partial charge in [0.15, 0.2) is 0 Å². The summed E-state index contributed by atoms with van der Waals surface area (Å²) in [5.41, 5.74) is 8.65. The highest BCUT2D eigenvalue weighted by Gasteiger charge is 2.17. The van der Waals surface area contributed by atoms with Crippen molar-refractivity contribution < 1.29 is 4.74 Å². The average Bonchev–Trinajstić information content (AvgIpc) is 3.43. The molecule has 0 saturated carbocycles. The third-order valence-corrected chi connectivity index (χ3v) is 7.94. The minimum Gasteiger partial charge on any atom is -0.439 e. The van der Waals surface area contributed by atoms with Crippen LogP contribution in [0.4, 0.5) is 0 Å². The zero-order chi connectivity index (χ0) is 29.3. The molecule has 0 atom stereocenters. The molecular formula is C40H27N3O. The van der Waals surface area contributed by atoms with Gasteiger partial charge in [0.05, 0.1) is 16.7 Å². The predicted molar refractivity (Wildman–Crippen MR) is 179 cm³/mol. The Morgan fingerprint density at radius 2 is 1.18 bits per heavy atom. The van der Waals surface area contributed by atoms with Crippen LogP contribution in [0.5, 0.6) is 11.6 Å². The SMILES string of the molecule is c1ccc(-c2ccc(-n3c4ccccc4c4ccc(-c5cccc(Oc6ccccn6)c5)cc43)nc2-c2ccccc2)cc1. The van der Waals surface area contributed by atoms with Gasteiger partial charge in [-0.15, -0.1) is 0 Å². The molecule has 4 heteroatoms. The summed E-state index contributed by atoms with van der Waals surface area (Å²) in [6.45, 7) is 0. The van der Waals surface area contributed by atoms with Crippen LogP contribution in [0.2, 0.25) is 0 Å². The standard InChI is InChI=1S/C40H27N3O/c1-3-12-28(13-4-1)33-23-24-38(42-40(33)29-14-5-2-6-15-29)43-36-19-8-7-18-34(36)35-22-21-31(27-37(35)43)30-16-11-17-32(26-30)44-39-20-9-10-25-41-39/h1-27H. The molecule has 0 saturated heterocycles. The number of fused-ring (bicyclic) bond motifs is 3. The molecule has 0 unspecified atom stereocenters. The fourth-order valence-electron chi connectivity index (χ4n) is 5.90. The Morgan fingerprint density at radius 1 is 0.477 bits per heavy atom. The number of aromatic nitrogens is 3. The lowest BCUT2D eigenvalue weighted by Gasteiger charge is -2.14. The van der Waals surface area contributed by atoms with Crippen LogP contribution in [-0.2, 0) is 0 Å². The first-order chi connectivity index (χ1) is 21.8. The molecule has 0 bridgehead atoms. The van der Waals surface area contributed by atoms with E-state index in [1.807, 2.05) is 42.5 Å². The molecule has 0 fully saturated rings. The van der Waals surface area contributed by atoms with Crippen molar-refractivity contribution in [2.75, 3.05) is 0 Å². The highest BCUT2D eigenvalue weighted by molar-refractivity contribution is 6.10. The van der Waals surface area contributed by atoms with Crippen molar-refractivity contribution in [2.45, 2.75) is 0 Å². The number of hydrogen-bond acceptors (Lipinski definition) is 3. The van der Waals surface area contributed by atoms with Gasteiger partial charge in [0.25, 0.3) is 0 Å². The molecule has 0 N–H and O–H groups in total. The summed E-state index contributed by atoms with van der Waals surface area (Å²) in [6, 6.07) is 54.2. The van der Waals surface area contributed by atoms with E-state index in [2.05, 4.69) is 125 Å². The topological polar surface area (TPSA) is 39.9 Å². The lowest BCUT2D eigenvalue weighted by Crippen LogP contribution is -2.00. The number of benzene rings is 5. The summed E-state index contributed by atoms with van der Waals surface area (Å²) >= 11 is 0. The molecule has 0 aliphatic rings. The Morgan fingerprint density at radius 3 is 2.00 bits per heavy atom. The van der Waals surface area contributed by atoms with Gasteiger partial charge in [-0.1, -0.05) is 109 Å². The van der Waals surface area contributed by atoms with Gasteiger partial charge in [-0.25, -0.2) is 9.97 Å². The van der Waals surface area contributed by atoms with E-state index in [1.165, 1.54) is 10.8 Å². The van der Waals surface area contributed by atoms with Crippen LogP contribution in [-0.4, -0.2) is 14.5 Å². The van der Waals surface area contributed by atoms with Crippen LogP contribution < -0.4 is 4.74 Å². The molecule has 44 heavy (non-hydrogen) atoms. The smallest absolute Gasteiger partial charge is 0.219 e. The molecule has 8 rings (SSSR count). The fraction of sp³-hybridized carbons (Fsp3) is 0. The maximum absolute atomic E-state index is 6.05. The molecule has 0 aliphatic carbocycles. The van der Waals surface area contributed by atoms with E-state index in [0.717, 1.165) is 56.1 Å². The van der Waals surface area contributed by atoms with Crippen molar-refractivity contribution in [1.29, 1.82) is 0 Å². The van der Waals surface area contributed by atoms with Gasteiger partial charge in [0, 0.05) is 34.2 Å². The zero-order valence-corrected chi connectivity index (χ0v) is 23.8. The summed E-state index contributed by atoms with van der Waals surface area (Å²) in [6.07, 6.45) is 1.73. The highest BCUT2D eigenvalue weighted by atomic mass is 16.5. The molecule has 8 aromatic rings. The van der Waals surface area contributed by atoms with Crippen molar-refractivity contribution >= 4 is 21.8 Å². The predicted octanol–water partition coefficient (Wildman–Crippen LogP) is 10.4. The van der Waals surface area contributed by atoms with Gasteiger partial charge in [-0.2, -0.15) is 0 Å². The molecule has 0 spiro atoms. The molecule has 4 nitrogen and oxygen atoms in total. The molecule has 3 heterocycles. The van der Waals surface area contributed by atoms with E-state index >= 15 is 0 Å². The minimum atomic E-state index is 0.569. The number of pyridine rings is 2. The van der Waals surface area contributed by atoms with Gasteiger partial charge in [-0.05, 0) is 59.2 Å². The summed E-state index contributed by atoms with van der Waals surface area (Å²) in [7, 11) is 0. The molecule has 0 aliphatic heterocycles. The number of para-hydroxylation sites is 1. The average molecular weight is 566 g/mol. The van der Waals surface area contributed by atoms with Crippen molar-refractivity contribution in [2.24, 2.45) is 0 Å². The number of rotatable bonds is 6.